The third kappa shape index (κ3) is 8.87. The fraction of sp³-hybridized carbons (Fsp3) is 0.288. The third-order valence-electron chi connectivity index (χ3n) is 12.3. The lowest BCUT2D eigenvalue weighted by molar-refractivity contribution is 0.446. The van der Waals surface area contributed by atoms with Crippen molar-refractivity contribution in [1.82, 2.24) is 14.5 Å². The summed E-state index contributed by atoms with van der Waals surface area (Å²) >= 11 is 0. The summed E-state index contributed by atoms with van der Waals surface area (Å²) in [6.45, 7) is 26.7. The van der Waals surface area contributed by atoms with Crippen LogP contribution in [0.1, 0.15) is 104 Å². The number of aryl methyl sites for hydroxylation is 1. The minimum absolute atomic E-state index is 0.136. The normalized spacial score (nSPS) is 12.4. The zero-order valence-electron chi connectivity index (χ0n) is 39.4. The van der Waals surface area contributed by atoms with Crippen molar-refractivity contribution in [3.63, 3.8) is 0 Å². The van der Waals surface area contributed by atoms with Crippen LogP contribution in [-0.2, 0) is 22.7 Å². The number of benzene rings is 6. The molecule has 0 fully saturated rings. The smallest absolute Gasteiger partial charge is 0.149 e. The van der Waals surface area contributed by atoms with Gasteiger partial charge >= 0.3 is 0 Å². The fourth-order valence-electron chi connectivity index (χ4n) is 8.67. The first kappa shape index (κ1) is 43.4. The molecule has 0 bridgehead atoms. The number of hydrogen-bond acceptors (Lipinski definition) is 3. The quantitative estimate of drug-likeness (QED) is 0.166. The Hall–Kier alpha value is -6.26. The first-order chi connectivity index (χ1) is 29.8. The number of aromatic hydroxyl groups is 1. The van der Waals surface area contributed by atoms with Crippen molar-refractivity contribution in [3.05, 3.63) is 167 Å². The van der Waals surface area contributed by atoms with Gasteiger partial charge < -0.3 is 5.11 Å². The summed E-state index contributed by atoms with van der Waals surface area (Å²) in [4.78, 5) is 10.6. The third-order valence-corrected chi connectivity index (χ3v) is 12.3. The summed E-state index contributed by atoms with van der Waals surface area (Å²) in [7, 11) is 0. The molecule has 2 aromatic heterocycles. The van der Waals surface area contributed by atoms with E-state index < -0.39 is 0 Å². The van der Waals surface area contributed by atoms with Crippen molar-refractivity contribution in [1.29, 1.82) is 0 Å². The molecule has 8 aromatic rings. The number of para-hydroxylation sites is 1. The van der Waals surface area contributed by atoms with Gasteiger partial charge in [-0.25, -0.2) is 4.98 Å². The average Bonchev–Trinajstić information content (AvgIpc) is 3.62. The molecule has 0 atom stereocenters. The van der Waals surface area contributed by atoms with Crippen LogP contribution in [0.3, 0.4) is 0 Å². The second-order valence-corrected chi connectivity index (χ2v) is 21.0. The lowest BCUT2D eigenvalue weighted by Crippen LogP contribution is -2.17. The Bertz CT molecular complexity index is 2950. The van der Waals surface area contributed by atoms with E-state index in [1.807, 2.05) is 6.20 Å². The zero-order valence-corrected chi connectivity index (χ0v) is 39.4. The van der Waals surface area contributed by atoms with Crippen molar-refractivity contribution in [2.45, 2.75) is 106 Å². The van der Waals surface area contributed by atoms with Gasteiger partial charge in [-0.05, 0) is 123 Å². The second kappa shape index (κ2) is 16.5. The van der Waals surface area contributed by atoms with Gasteiger partial charge in [-0.3, -0.25) is 9.55 Å². The van der Waals surface area contributed by atoms with Crippen LogP contribution in [0, 0.1) is 12.8 Å². The largest absolute Gasteiger partial charge is 0.507 e. The van der Waals surface area contributed by atoms with Crippen molar-refractivity contribution in [3.8, 4) is 67.5 Å². The van der Waals surface area contributed by atoms with Gasteiger partial charge in [0.2, 0.25) is 0 Å². The highest BCUT2D eigenvalue weighted by Gasteiger charge is 2.29. The molecular weight excluding hydrogens is 767 g/mol. The molecule has 0 spiro atoms. The summed E-state index contributed by atoms with van der Waals surface area (Å²) in [6, 6.07) is 48.3. The SMILES string of the molecule is Cc1ccc(-c2ccnc(-c3cc(-c4cccc5c4nc(-c4cc(C(C)(C)C)cc(C(C)(C)C)c4O)n5-c4ccc(CC(C)C)cc4-c4ccccc4)cc(C(C)(C)C)c3)c2)cc1. The lowest BCUT2D eigenvalue weighted by Gasteiger charge is -2.27. The number of phenols is 1. The van der Waals surface area contributed by atoms with E-state index in [-0.39, 0.29) is 22.0 Å². The highest BCUT2D eigenvalue weighted by Crippen LogP contribution is 2.46. The Morgan fingerprint density at radius 3 is 1.90 bits per heavy atom. The number of nitrogens with zero attached hydrogens (tertiary/aromatic N) is 3. The molecular formula is C59H63N3O. The van der Waals surface area contributed by atoms with Gasteiger partial charge in [0.1, 0.15) is 11.6 Å². The van der Waals surface area contributed by atoms with E-state index in [9.17, 15) is 5.11 Å². The van der Waals surface area contributed by atoms with Crippen molar-refractivity contribution in [2.24, 2.45) is 5.92 Å². The lowest BCUT2D eigenvalue weighted by atomic mass is 9.79. The molecule has 63 heavy (non-hydrogen) atoms. The molecule has 0 saturated carbocycles. The topological polar surface area (TPSA) is 50.9 Å². The molecule has 0 amide bonds. The molecule has 0 unspecified atom stereocenters. The van der Waals surface area contributed by atoms with Crippen molar-refractivity contribution >= 4 is 11.0 Å². The minimum Gasteiger partial charge on any atom is -0.507 e. The van der Waals surface area contributed by atoms with Gasteiger partial charge in [-0.15, -0.1) is 0 Å². The van der Waals surface area contributed by atoms with Crippen molar-refractivity contribution in [2.75, 3.05) is 0 Å². The Morgan fingerprint density at radius 2 is 1.24 bits per heavy atom. The van der Waals surface area contributed by atoms with Crippen LogP contribution < -0.4 is 0 Å². The molecule has 0 radical (unpaired) electrons. The van der Waals surface area contributed by atoms with E-state index in [4.69, 9.17) is 9.97 Å². The Labute approximate surface area is 375 Å². The molecule has 8 rings (SSSR count). The highest BCUT2D eigenvalue weighted by molar-refractivity contribution is 5.98. The highest BCUT2D eigenvalue weighted by atomic mass is 16.3. The summed E-state index contributed by atoms with van der Waals surface area (Å²) in [5.41, 5.74) is 17.4. The van der Waals surface area contributed by atoms with Gasteiger partial charge in [0.05, 0.1) is 28.0 Å². The summed E-state index contributed by atoms with van der Waals surface area (Å²) in [6.07, 6.45) is 2.89. The molecule has 0 aliphatic carbocycles. The fourth-order valence-corrected chi connectivity index (χ4v) is 8.67. The molecule has 320 valence electrons. The van der Waals surface area contributed by atoms with Gasteiger partial charge in [0.25, 0.3) is 0 Å². The van der Waals surface area contributed by atoms with Crippen LogP contribution in [0.5, 0.6) is 5.75 Å². The molecule has 0 saturated heterocycles. The number of pyridine rings is 1. The summed E-state index contributed by atoms with van der Waals surface area (Å²) < 4.78 is 2.30. The Morgan fingerprint density at radius 1 is 0.556 bits per heavy atom. The monoisotopic (exact) mass is 829 g/mol. The molecule has 0 aliphatic heterocycles. The van der Waals surface area contributed by atoms with Crippen LogP contribution in [0.2, 0.25) is 0 Å². The predicted molar refractivity (Wildman–Crippen MR) is 267 cm³/mol. The summed E-state index contributed by atoms with van der Waals surface area (Å²) in [5, 5.41) is 12.5. The second-order valence-electron chi connectivity index (χ2n) is 21.0. The Balaban J connectivity index is 1.45. The zero-order chi connectivity index (χ0) is 45.0. The molecule has 1 N–H and O–H groups in total. The van der Waals surface area contributed by atoms with Crippen LogP contribution in [0.4, 0.5) is 0 Å². The maximum atomic E-state index is 12.5. The maximum Gasteiger partial charge on any atom is 0.149 e. The first-order valence-corrected chi connectivity index (χ1v) is 22.5. The molecule has 4 nitrogen and oxygen atoms in total. The van der Waals surface area contributed by atoms with Crippen molar-refractivity contribution < 1.29 is 5.11 Å². The summed E-state index contributed by atoms with van der Waals surface area (Å²) in [5.74, 6) is 1.48. The molecule has 4 heteroatoms. The van der Waals surface area contributed by atoms with Crippen LogP contribution in [0.25, 0.3) is 72.7 Å². The van der Waals surface area contributed by atoms with Crippen LogP contribution in [-0.4, -0.2) is 19.6 Å². The van der Waals surface area contributed by atoms with Crippen LogP contribution >= 0.6 is 0 Å². The number of rotatable bonds is 8. The van der Waals surface area contributed by atoms with E-state index in [0.29, 0.717) is 11.7 Å². The number of phenolic OH excluding ortho intramolecular Hbond substituents is 1. The van der Waals surface area contributed by atoms with E-state index >= 15 is 0 Å². The van der Waals surface area contributed by atoms with E-state index in [1.165, 1.54) is 22.3 Å². The van der Waals surface area contributed by atoms with E-state index in [1.54, 1.807) is 0 Å². The molecule has 2 heterocycles. The number of imidazole rings is 1. The number of hydrogen-bond donors (Lipinski definition) is 1. The first-order valence-electron chi connectivity index (χ1n) is 22.5. The number of aromatic nitrogens is 3. The van der Waals surface area contributed by atoms with E-state index in [2.05, 4.69) is 221 Å². The average molecular weight is 830 g/mol. The Kier molecular flexibility index (Phi) is 11.3. The molecule has 6 aromatic carbocycles. The van der Waals surface area contributed by atoms with Gasteiger partial charge in [0, 0.05) is 28.5 Å². The predicted octanol–water partition coefficient (Wildman–Crippen LogP) is 15.9. The van der Waals surface area contributed by atoms with Crippen LogP contribution in [0.15, 0.2) is 140 Å². The molecule has 0 aliphatic rings. The maximum absolute atomic E-state index is 12.5. The van der Waals surface area contributed by atoms with E-state index in [0.717, 1.165) is 78.9 Å². The minimum atomic E-state index is -0.315. The number of fused-ring (bicyclic) bond motifs is 1. The van der Waals surface area contributed by atoms with Gasteiger partial charge in [0.15, 0.2) is 0 Å². The van der Waals surface area contributed by atoms with Gasteiger partial charge in [-0.1, -0.05) is 167 Å². The standard InChI is InChI=1S/C59H63N3O/c1-37(2)29-39-23-26-52(48(30-39)41-17-14-13-15-18-41)62-53-20-16-19-47(54(53)61-56(62)49-35-46(58(7,8)9)36-50(55(49)63)59(10,11)12)43-31-44(33-45(32-43)57(4,5)6)51-34-42(27-28-60-51)40-24-21-38(3)22-25-40/h13-28,30-37,63H,29H2,1-12H3. The van der Waals surface area contributed by atoms with Gasteiger partial charge in [-0.2, -0.15) is 0 Å².